The van der Waals surface area contributed by atoms with Gasteiger partial charge >= 0.3 is 0 Å². The third-order valence-electron chi connectivity index (χ3n) is 4.64. The molecular formula is C14H25ClN4. The maximum Gasteiger partial charge on any atom is 0.0522 e. The van der Waals surface area contributed by atoms with E-state index in [-0.39, 0.29) is 12.4 Å². The van der Waals surface area contributed by atoms with Gasteiger partial charge in [-0.15, -0.1) is 12.4 Å². The number of aromatic nitrogens is 2. The average Bonchev–Trinajstić information content (AvgIpc) is 3.02. The molecule has 1 aromatic heterocycles. The van der Waals surface area contributed by atoms with Gasteiger partial charge in [0, 0.05) is 19.3 Å². The second-order valence-electron chi connectivity index (χ2n) is 6.32. The van der Waals surface area contributed by atoms with Crippen LogP contribution in [0.3, 0.4) is 0 Å². The van der Waals surface area contributed by atoms with E-state index in [9.17, 15) is 0 Å². The van der Waals surface area contributed by atoms with E-state index in [1.165, 1.54) is 57.5 Å². The van der Waals surface area contributed by atoms with E-state index in [1.54, 1.807) is 0 Å². The lowest BCUT2D eigenvalue weighted by Crippen LogP contribution is -2.41. The number of hydrogen-bond acceptors (Lipinski definition) is 3. The molecule has 0 amide bonds. The summed E-state index contributed by atoms with van der Waals surface area (Å²) < 4.78 is 0. The maximum atomic E-state index is 4.06. The van der Waals surface area contributed by atoms with Crippen LogP contribution in [-0.2, 0) is 0 Å². The van der Waals surface area contributed by atoms with Gasteiger partial charge in [-0.3, -0.25) is 5.10 Å². The zero-order chi connectivity index (χ0) is 12.4. The molecule has 0 saturated carbocycles. The fraction of sp³-hybridized carbons (Fsp3) is 0.786. The summed E-state index contributed by atoms with van der Waals surface area (Å²) in [4.78, 5) is 2.66. The Balaban J connectivity index is 0.00000133. The zero-order valence-electron chi connectivity index (χ0n) is 11.7. The topological polar surface area (TPSA) is 44.0 Å². The van der Waals surface area contributed by atoms with Gasteiger partial charge in [0.25, 0.3) is 0 Å². The van der Waals surface area contributed by atoms with E-state index >= 15 is 0 Å². The summed E-state index contributed by atoms with van der Waals surface area (Å²) in [5.41, 5.74) is 1.89. The van der Waals surface area contributed by atoms with Gasteiger partial charge in [-0.05, 0) is 55.8 Å². The fourth-order valence-electron chi connectivity index (χ4n) is 3.45. The molecular weight excluding hydrogens is 260 g/mol. The molecule has 0 spiro atoms. The summed E-state index contributed by atoms with van der Waals surface area (Å²) in [7, 11) is 0. The van der Waals surface area contributed by atoms with Crippen molar-refractivity contribution in [2.75, 3.05) is 32.7 Å². The number of aromatic amines is 1. The lowest BCUT2D eigenvalue weighted by atomic mass is 9.86. The van der Waals surface area contributed by atoms with E-state index < -0.39 is 0 Å². The summed E-state index contributed by atoms with van der Waals surface area (Å²) >= 11 is 0. The molecule has 2 N–H and O–H groups in total. The molecule has 3 rings (SSSR count). The van der Waals surface area contributed by atoms with E-state index in [0.717, 1.165) is 5.92 Å². The van der Waals surface area contributed by atoms with E-state index in [0.29, 0.717) is 5.41 Å². The van der Waals surface area contributed by atoms with Crippen molar-refractivity contribution in [1.29, 1.82) is 0 Å². The predicted octanol–water partition coefficient (Wildman–Crippen LogP) is 2.01. The van der Waals surface area contributed by atoms with Crippen LogP contribution in [0.4, 0.5) is 0 Å². The number of piperidine rings is 1. The molecule has 1 unspecified atom stereocenters. The second kappa shape index (κ2) is 6.25. The van der Waals surface area contributed by atoms with Crippen molar-refractivity contribution in [2.24, 2.45) is 5.41 Å². The normalized spacial score (nSPS) is 29.3. The van der Waals surface area contributed by atoms with Crippen molar-refractivity contribution < 1.29 is 0 Å². The number of rotatable bonds is 3. The van der Waals surface area contributed by atoms with Crippen LogP contribution in [0.2, 0.25) is 0 Å². The Hall–Kier alpha value is -0.580. The smallest absolute Gasteiger partial charge is 0.0522 e. The Morgan fingerprint density at radius 1 is 1.42 bits per heavy atom. The van der Waals surface area contributed by atoms with Crippen LogP contribution < -0.4 is 5.32 Å². The minimum atomic E-state index is 0. The van der Waals surface area contributed by atoms with Crippen molar-refractivity contribution in [2.45, 2.75) is 32.1 Å². The Morgan fingerprint density at radius 2 is 2.21 bits per heavy atom. The number of likely N-dealkylation sites (tertiary alicyclic amines) is 1. The Labute approximate surface area is 121 Å². The number of nitrogens with one attached hydrogen (secondary N) is 2. The van der Waals surface area contributed by atoms with Crippen molar-refractivity contribution >= 4 is 12.4 Å². The van der Waals surface area contributed by atoms with Crippen LogP contribution in [-0.4, -0.2) is 47.8 Å². The van der Waals surface area contributed by atoms with Gasteiger partial charge in [-0.25, -0.2) is 0 Å². The number of hydrogen-bond donors (Lipinski definition) is 2. The molecule has 0 aromatic carbocycles. The van der Waals surface area contributed by atoms with Gasteiger partial charge in [0.15, 0.2) is 0 Å². The van der Waals surface area contributed by atoms with Gasteiger partial charge < -0.3 is 10.2 Å². The molecule has 0 bridgehead atoms. The van der Waals surface area contributed by atoms with E-state index in [4.69, 9.17) is 0 Å². The largest absolute Gasteiger partial charge is 0.316 e. The van der Waals surface area contributed by atoms with E-state index in [2.05, 4.69) is 33.5 Å². The van der Waals surface area contributed by atoms with Crippen LogP contribution in [0.5, 0.6) is 0 Å². The molecule has 2 saturated heterocycles. The first-order valence-electron chi connectivity index (χ1n) is 7.17. The standard InChI is InChI=1S/C14H24N4.ClH/c1-14(4-5-15-10-14)11-18-6-2-12(3-7-18)13-8-16-17-9-13;/h8-9,12,15H,2-7,10-11H2,1H3,(H,16,17);1H. The van der Waals surface area contributed by atoms with Gasteiger partial charge in [-0.2, -0.15) is 5.10 Å². The Bertz CT molecular complexity index is 365. The first-order chi connectivity index (χ1) is 8.75. The third kappa shape index (κ3) is 3.50. The molecule has 4 nitrogen and oxygen atoms in total. The Morgan fingerprint density at radius 3 is 2.79 bits per heavy atom. The third-order valence-corrected chi connectivity index (χ3v) is 4.64. The highest BCUT2D eigenvalue weighted by atomic mass is 35.5. The highest BCUT2D eigenvalue weighted by Gasteiger charge is 2.32. The monoisotopic (exact) mass is 284 g/mol. The predicted molar refractivity (Wildman–Crippen MR) is 79.8 cm³/mol. The van der Waals surface area contributed by atoms with Gasteiger partial charge in [0.1, 0.15) is 0 Å². The van der Waals surface area contributed by atoms with Gasteiger partial charge in [0.05, 0.1) is 6.20 Å². The highest BCUT2D eigenvalue weighted by Crippen LogP contribution is 2.31. The summed E-state index contributed by atoms with van der Waals surface area (Å²) in [6.07, 6.45) is 7.94. The summed E-state index contributed by atoms with van der Waals surface area (Å²) in [6, 6.07) is 0. The number of nitrogens with zero attached hydrogens (tertiary/aromatic N) is 2. The average molecular weight is 285 g/mol. The molecule has 1 aromatic rings. The zero-order valence-corrected chi connectivity index (χ0v) is 12.5. The lowest BCUT2D eigenvalue weighted by Gasteiger charge is -2.36. The second-order valence-corrected chi connectivity index (χ2v) is 6.32. The molecule has 108 valence electrons. The highest BCUT2D eigenvalue weighted by molar-refractivity contribution is 5.85. The SMILES string of the molecule is CC1(CN2CCC(c3cn[nH]c3)CC2)CCNC1.Cl. The first-order valence-corrected chi connectivity index (χ1v) is 7.17. The van der Waals surface area contributed by atoms with Crippen LogP contribution in [0.1, 0.15) is 37.7 Å². The maximum absolute atomic E-state index is 4.06. The van der Waals surface area contributed by atoms with Crippen molar-refractivity contribution in [1.82, 2.24) is 20.4 Å². The summed E-state index contributed by atoms with van der Waals surface area (Å²) in [5, 5.41) is 10.5. The summed E-state index contributed by atoms with van der Waals surface area (Å²) in [5.74, 6) is 0.717. The quantitative estimate of drug-likeness (QED) is 0.892. The molecule has 2 aliphatic rings. The van der Waals surface area contributed by atoms with Gasteiger partial charge in [-0.1, -0.05) is 6.92 Å². The van der Waals surface area contributed by atoms with Crippen molar-refractivity contribution in [3.8, 4) is 0 Å². The van der Waals surface area contributed by atoms with Crippen molar-refractivity contribution in [3.05, 3.63) is 18.0 Å². The molecule has 2 aliphatic heterocycles. The molecule has 5 heteroatoms. The minimum absolute atomic E-state index is 0. The van der Waals surface area contributed by atoms with Crippen LogP contribution in [0.25, 0.3) is 0 Å². The summed E-state index contributed by atoms with van der Waals surface area (Å²) in [6.45, 7) is 8.56. The fourth-order valence-corrected chi connectivity index (χ4v) is 3.45. The van der Waals surface area contributed by atoms with E-state index in [1.807, 2.05) is 6.20 Å². The molecule has 0 aliphatic carbocycles. The lowest BCUT2D eigenvalue weighted by molar-refractivity contribution is 0.144. The minimum Gasteiger partial charge on any atom is -0.316 e. The molecule has 3 heterocycles. The Kier molecular flexibility index (Phi) is 4.87. The van der Waals surface area contributed by atoms with Crippen LogP contribution in [0.15, 0.2) is 12.4 Å². The molecule has 0 radical (unpaired) electrons. The number of halogens is 1. The molecule has 1 atom stereocenters. The van der Waals surface area contributed by atoms with Crippen molar-refractivity contribution in [3.63, 3.8) is 0 Å². The van der Waals surface area contributed by atoms with Crippen LogP contribution in [0, 0.1) is 5.41 Å². The van der Waals surface area contributed by atoms with Crippen LogP contribution >= 0.6 is 12.4 Å². The van der Waals surface area contributed by atoms with Gasteiger partial charge in [0.2, 0.25) is 0 Å². The molecule has 19 heavy (non-hydrogen) atoms. The first kappa shape index (κ1) is 14.8. The molecule has 2 fully saturated rings. The number of H-pyrrole nitrogens is 1.